The van der Waals surface area contributed by atoms with Crippen LogP contribution in [0.25, 0.3) is 0 Å². The lowest BCUT2D eigenvalue weighted by Crippen LogP contribution is -2.27. The van der Waals surface area contributed by atoms with E-state index in [9.17, 15) is 14.0 Å². The predicted molar refractivity (Wildman–Crippen MR) is 110 cm³/mol. The molecule has 1 heterocycles. The average Bonchev–Trinajstić information content (AvgIpc) is 2.75. The van der Waals surface area contributed by atoms with Crippen LogP contribution in [0.4, 0.5) is 15.9 Å². The highest BCUT2D eigenvalue weighted by Crippen LogP contribution is 2.22. The third-order valence-electron chi connectivity index (χ3n) is 4.37. The van der Waals surface area contributed by atoms with Crippen LogP contribution in [0.3, 0.4) is 0 Å². The molecule has 3 rings (SSSR count). The van der Waals surface area contributed by atoms with Crippen LogP contribution in [-0.2, 0) is 6.54 Å². The molecule has 6 nitrogen and oxygen atoms in total. The highest BCUT2D eigenvalue weighted by Gasteiger charge is 2.18. The summed E-state index contributed by atoms with van der Waals surface area (Å²) in [5.41, 5.74) is 2.00. The summed E-state index contributed by atoms with van der Waals surface area (Å²) in [5.74, 6) is -0.571. The van der Waals surface area contributed by atoms with Crippen LogP contribution in [-0.4, -0.2) is 35.8 Å². The van der Waals surface area contributed by atoms with E-state index in [1.165, 1.54) is 12.3 Å². The number of nitrogens with one attached hydrogen (secondary N) is 2. The van der Waals surface area contributed by atoms with Gasteiger partial charge in [-0.1, -0.05) is 24.3 Å². The van der Waals surface area contributed by atoms with Gasteiger partial charge in [-0.15, -0.1) is 0 Å². The molecule has 0 atom stereocenters. The molecule has 2 amide bonds. The summed E-state index contributed by atoms with van der Waals surface area (Å²) in [4.78, 5) is 30.3. The van der Waals surface area contributed by atoms with Gasteiger partial charge in [-0.2, -0.15) is 0 Å². The van der Waals surface area contributed by atoms with Crippen molar-refractivity contribution in [1.29, 1.82) is 0 Å². The van der Waals surface area contributed by atoms with Crippen molar-refractivity contribution in [1.82, 2.24) is 15.2 Å². The maximum Gasteiger partial charge on any atom is 0.257 e. The lowest BCUT2D eigenvalue weighted by molar-refractivity contribution is 0.0785. The molecule has 0 unspecified atom stereocenters. The van der Waals surface area contributed by atoms with Gasteiger partial charge in [0.25, 0.3) is 11.8 Å². The van der Waals surface area contributed by atoms with Crippen molar-refractivity contribution < 1.29 is 14.0 Å². The zero-order valence-corrected chi connectivity index (χ0v) is 16.1. The number of carbonyl (C=O) groups excluding carboxylic acids is 2. The highest BCUT2D eigenvalue weighted by molar-refractivity contribution is 5.99. The molecule has 0 aliphatic heterocycles. The molecule has 29 heavy (non-hydrogen) atoms. The molecule has 0 saturated carbocycles. The number of hydrogen-bond acceptors (Lipinski definition) is 4. The van der Waals surface area contributed by atoms with Crippen molar-refractivity contribution in [2.75, 3.05) is 19.4 Å². The molecule has 0 saturated heterocycles. The summed E-state index contributed by atoms with van der Waals surface area (Å²) < 4.78 is 14.0. The van der Waals surface area contributed by atoms with Crippen molar-refractivity contribution >= 4 is 23.3 Å². The standard InChI is InChI=1S/C22H21FN4O2/c1-24-21(28)16-11-9-15(10-12-16)14-27(2)22(29)17-6-5-13-25-20(17)26-19-8-4-3-7-18(19)23/h3-13H,14H2,1-2H3,(H,24,28)(H,25,26). The maximum absolute atomic E-state index is 14.0. The molecule has 1 aromatic heterocycles. The lowest BCUT2D eigenvalue weighted by Gasteiger charge is -2.19. The Morgan fingerprint density at radius 3 is 2.45 bits per heavy atom. The SMILES string of the molecule is CNC(=O)c1ccc(CN(C)C(=O)c2cccnc2Nc2ccccc2F)cc1. The van der Waals surface area contributed by atoms with E-state index in [1.807, 2.05) is 0 Å². The van der Waals surface area contributed by atoms with Gasteiger partial charge in [0.1, 0.15) is 11.6 Å². The number of anilines is 2. The molecule has 2 N–H and O–H groups in total. The molecule has 0 radical (unpaired) electrons. The Hall–Kier alpha value is -3.74. The minimum atomic E-state index is -0.430. The number of benzene rings is 2. The predicted octanol–water partition coefficient (Wildman–Crippen LogP) is 3.60. The van der Waals surface area contributed by atoms with Crippen LogP contribution in [0, 0.1) is 5.82 Å². The summed E-state index contributed by atoms with van der Waals surface area (Å²) >= 11 is 0. The molecule has 3 aromatic rings. The number of rotatable bonds is 6. The van der Waals surface area contributed by atoms with Gasteiger partial charge in [-0.25, -0.2) is 9.37 Å². The third-order valence-corrected chi connectivity index (χ3v) is 4.37. The van der Waals surface area contributed by atoms with Crippen LogP contribution < -0.4 is 10.6 Å². The lowest BCUT2D eigenvalue weighted by atomic mass is 10.1. The molecule has 0 spiro atoms. The van der Waals surface area contributed by atoms with E-state index in [1.54, 1.807) is 73.6 Å². The van der Waals surface area contributed by atoms with Crippen LogP contribution in [0.5, 0.6) is 0 Å². The zero-order chi connectivity index (χ0) is 20.8. The Morgan fingerprint density at radius 2 is 1.76 bits per heavy atom. The number of hydrogen-bond donors (Lipinski definition) is 2. The quantitative estimate of drug-likeness (QED) is 0.672. The normalized spacial score (nSPS) is 10.3. The van der Waals surface area contributed by atoms with Crippen molar-refractivity contribution in [2.45, 2.75) is 6.54 Å². The van der Waals surface area contributed by atoms with Crippen molar-refractivity contribution in [2.24, 2.45) is 0 Å². The number of para-hydroxylation sites is 1. The zero-order valence-electron chi connectivity index (χ0n) is 16.1. The molecule has 0 aliphatic carbocycles. The van der Waals surface area contributed by atoms with Gasteiger partial charge in [0.15, 0.2) is 0 Å². The number of pyridine rings is 1. The van der Waals surface area contributed by atoms with Gasteiger partial charge in [-0.05, 0) is 42.0 Å². The first-order valence-corrected chi connectivity index (χ1v) is 9.02. The van der Waals surface area contributed by atoms with E-state index in [-0.39, 0.29) is 23.3 Å². The van der Waals surface area contributed by atoms with Gasteiger partial charge < -0.3 is 15.5 Å². The summed E-state index contributed by atoms with van der Waals surface area (Å²) in [6.07, 6.45) is 1.54. The van der Waals surface area contributed by atoms with E-state index in [4.69, 9.17) is 0 Å². The number of nitrogens with zero attached hydrogens (tertiary/aromatic N) is 2. The van der Waals surface area contributed by atoms with Gasteiger partial charge in [-0.3, -0.25) is 9.59 Å². The van der Waals surface area contributed by atoms with E-state index in [0.717, 1.165) is 5.56 Å². The first-order chi connectivity index (χ1) is 14.0. The summed E-state index contributed by atoms with van der Waals surface area (Å²) in [7, 11) is 3.25. The van der Waals surface area contributed by atoms with Crippen molar-refractivity contribution in [3.05, 3.63) is 89.4 Å². The minimum absolute atomic E-state index is 0.166. The van der Waals surface area contributed by atoms with Crippen LogP contribution in [0.15, 0.2) is 66.9 Å². The largest absolute Gasteiger partial charge is 0.355 e. The van der Waals surface area contributed by atoms with Crippen molar-refractivity contribution in [3.63, 3.8) is 0 Å². The van der Waals surface area contributed by atoms with Gasteiger partial charge in [0, 0.05) is 32.4 Å². The fourth-order valence-corrected chi connectivity index (χ4v) is 2.82. The van der Waals surface area contributed by atoms with Gasteiger partial charge in [0.05, 0.1) is 11.3 Å². The molecular weight excluding hydrogens is 371 g/mol. The smallest absolute Gasteiger partial charge is 0.257 e. The Bertz CT molecular complexity index is 1020. The number of carbonyl (C=O) groups is 2. The molecule has 0 bridgehead atoms. The second-order valence-corrected chi connectivity index (χ2v) is 6.44. The average molecular weight is 392 g/mol. The van der Waals surface area contributed by atoms with E-state index < -0.39 is 5.82 Å². The van der Waals surface area contributed by atoms with E-state index in [0.29, 0.717) is 17.7 Å². The van der Waals surface area contributed by atoms with E-state index in [2.05, 4.69) is 15.6 Å². The number of halogens is 1. The van der Waals surface area contributed by atoms with Crippen LogP contribution in [0.1, 0.15) is 26.3 Å². The monoisotopic (exact) mass is 392 g/mol. The molecule has 148 valence electrons. The van der Waals surface area contributed by atoms with Gasteiger partial charge in [0.2, 0.25) is 0 Å². The number of amides is 2. The molecule has 2 aromatic carbocycles. The fraction of sp³-hybridized carbons (Fsp3) is 0.136. The van der Waals surface area contributed by atoms with Crippen LogP contribution >= 0.6 is 0 Å². The topological polar surface area (TPSA) is 74.3 Å². The third kappa shape index (κ3) is 4.76. The highest BCUT2D eigenvalue weighted by atomic mass is 19.1. The van der Waals surface area contributed by atoms with Crippen LogP contribution in [0.2, 0.25) is 0 Å². The number of aromatic nitrogens is 1. The Balaban J connectivity index is 1.76. The minimum Gasteiger partial charge on any atom is -0.355 e. The first-order valence-electron chi connectivity index (χ1n) is 9.02. The molecule has 7 heteroatoms. The summed E-state index contributed by atoms with van der Waals surface area (Å²) in [6, 6.07) is 16.5. The van der Waals surface area contributed by atoms with E-state index >= 15 is 0 Å². The molecular formula is C22H21FN4O2. The maximum atomic E-state index is 14.0. The molecule has 0 fully saturated rings. The summed E-state index contributed by atoms with van der Waals surface area (Å²) in [5, 5.41) is 5.46. The first kappa shape index (κ1) is 20.0. The van der Waals surface area contributed by atoms with Gasteiger partial charge >= 0.3 is 0 Å². The summed E-state index contributed by atoms with van der Waals surface area (Å²) in [6.45, 7) is 0.348. The Kier molecular flexibility index (Phi) is 6.19. The fourth-order valence-electron chi connectivity index (χ4n) is 2.82. The molecule has 0 aliphatic rings. The van der Waals surface area contributed by atoms with Crippen molar-refractivity contribution in [3.8, 4) is 0 Å². The second kappa shape index (κ2) is 8.97. The second-order valence-electron chi connectivity index (χ2n) is 6.44. The Morgan fingerprint density at radius 1 is 1.03 bits per heavy atom. The Labute approximate surface area is 168 Å².